The lowest BCUT2D eigenvalue weighted by Gasteiger charge is -2.12. The summed E-state index contributed by atoms with van der Waals surface area (Å²) in [4.78, 5) is 0. The van der Waals surface area contributed by atoms with E-state index in [-0.39, 0.29) is 12.1 Å². The Morgan fingerprint density at radius 3 is 2.60 bits per heavy atom. The number of nitrogens with zero attached hydrogens (tertiary/aromatic N) is 3. The second-order valence-electron chi connectivity index (χ2n) is 5.24. The van der Waals surface area contributed by atoms with E-state index in [0.29, 0.717) is 12.2 Å². The highest BCUT2D eigenvalue weighted by molar-refractivity contribution is 5.16. The minimum Gasteiger partial charge on any atom is -0.389 e. The van der Waals surface area contributed by atoms with Crippen molar-refractivity contribution in [3.63, 3.8) is 0 Å². The van der Waals surface area contributed by atoms with Crippen molar-refractivity contribution in [3.8, 4) is 0 Å². The zero-order valence-electron chi connectivity index (χ0n) is 11.2. The molecule has 0 spiro atoms. The second-order valence-corrected chi connectivity index (χ2v) is 5.24. The van der Waals surface area contributed by atoms with E-state index < -0.39 is 12.2 Å². The predicted molar refractivity (Wildman–Crippen MR) is 72.9 cm³/mol. The van der Waals surface area contributed by atoms with Crippen molar-refractivity contribution in [2.24, 2.45) is 0 Å². The molecule has 20 heavy (non-hydrogen) atoms. The van der Waals surface area contributed by atoms with E-state index in [9.17, 15) is 10.2 Å². The van der Waals surface area contributed by atoms with Crippen molar-refractivity contribution in [1.82, 2.24) is 20.3 Å². The summed E-state index contributed by atoms with van der Waals surface area (Å²) in [6.07, 6.45) is 0.171. The lowest BCUT2D eigenvalue weighted by molar-refractivity contribution is 0.0295. The van der Waals surface area contributed by atoms with Gasteiger partial charge < -0.3 is 15.5 Å². The summed E-state index contributed by atoms with van der Waals surface area (Å²) in [7, 11) is 0. The third kappa shape index (κ3) is 2.45. The smallest absolute Gasteiger partial charge is 0.102 e. The first-order valence-electron chi connectivity index (χ1n) is 6.71. The highest BCUT2D eigenvalue weighted by Gasteiger charge is 2.40. The average molecular weight is 274 g/mol. The Kier molecular flexibility index (Phi) is 3.52. The van der Waals surface area contributed by atoms with E-state index in [4.69, 9.17) is 0 Å². The molecule has 0 bridgehead atoms. The molecule has 1 aliphatic rings. The molecule has 1 aromatic carbocycles. The first kappa shape index (κ1) is 13.2. The van der Waals surface area contributed by atoms with Gasteiger partial charge in [-0.25, -0.2) is 4.68 Å². The zero-order chi connectivity index (χ0) is 14.1. The van der Waals surface area contributed by atoms with Crippen LogP contribution in [0.15, 0.2) is 36.5 Å². The van der Waals surface area contributed by atoms with Gasteiger partial charge in [-0.1, -0.05) is 35.5 Å². The van der Waals surface area contributed by atoms with Gasteiger partial charge in [-0.15, -0.1) is 5.10 Å². The molecule has 6 nitrogen and oxygen atoms in total. The topological polar surface area (TPSA) is 83.2 Å². The first-order chi connectivity index (χ1) is 9.65. The molecule has 4 atom stereocenters. The maximum Gasteiger partial charge on any atom is 0.102 e. The largest absolute Gasteiger partial charge is 0.389 e. The molecule has 0 unspecified atom stereocenters. The van der Waals surface area contributed by atoms with Crippen LogP contribution in [0.3, 0.4) is 0 Å². The zero-order valence-corrected chi connectivity index (χ0v) is 11.2. The molecule has 3 N–H and O–H groups in total. The normalized spacial score (nSPS) is 29.8. The highest BCUT2D eigenvalue weighted by Crippen LogP contribution is 2.25. The van der Waals surface area contributed by atoms with E-state index >= 15 is 0 Å². The van der Waals surface area contributed by atoms with Crippen molar-refractivity contribution in [2.75, 3.05) is 0 Å². The molecule has 0 saturated carbocycles. The van der Waals surface area contributed by atoms with Crippen LogP contribution < -0.4 is 5.32 Å². The number of aromatic nitrogens is 3. The van der Waals surface area contributed by atoms with Gasteiger partial charge in [-0.2, -0.15) is 0 Å². The molecule has 1 aliphatic heterocycles. The van der Waals surface area contributed by atoms with Crippen molar-refractivity contribution in [3.05, 3.63) is 47.8 Å². The maximum absolute atomic E-state index is 9.99. The second kappa shape index (κ2) is 5.32. The van der Waals surface area contributed by atoms with Crippen LogP contribution >= 0.6 is 0 Å². The summed E-state index contributed by atoms with van der Waals surface area (Å²) in [6.45, 7) is 2.47. The Balaban J connectivity index is 1.74. The number of rotatable bonds is 3. The van der Waals surface area contributed by atoms with Gasteiger partial charge in [0.2, 0.25) is 0 Å². The summed E-state index contributed by atoms with van der Waals surface area (Å²) in [5.74, 6) is 0. The third-order valence-electron chi connectivity index (χ3n) is 3.71. The van der Waals surface area contributed by atoms with Gasteiger partial charge in [-0.05, 0) is 12.5 Å². The van der Waals surface area contributed by atoms with Gasteiger partial charge in [0, 0.05) is 6.04 Å². The minimum absolute atomic E-state index is 0.158. The van der Waals surface area contributed by atoms with Gasteiger partial charge in [0.25, 0.3) is 0 Å². The third-order valence-corrected chi connectivity index (χ3v) is 3.71. The fourth-order valence-corrected chi connectivity index (χ4v) is 2.54. The molecule has 0 aliphatic carbocycles. The molecule has 1 aromatic heterocycles. The van der Waals surface area contributed by atoms with Gasteiger partial charge >= 0.3 is 0 Å². The number of hydrogen-bond acceptors (Lipinski definition) is 5. The van der Waals surface area contributed by atoms with Crippen LogP contribution in [0.2, 0.25) is 0 Å². The molecule has 2 aromatic rings. The van der Waals surface area contributed by atoms with Crippen molar-refractivity contribution in [2.45, 2.75) is 37.8 Å². The van der Waals surface area contributed by atoms with Crippen LogP contribution in [0.25, 0.3) is 0 Å². The average Bonchev–Trinajstić information content (AvgIpc) is 3.01. The number of aliphatic hydroxyl groups is 2. The fourth-order valence-electron chi connectivity index (χ4n) is 2.54. The van der Waals surface area contributed by atoms with Gasteiger partial charge in [0.1, 0.15) is 11.8 Å². The quantitative estimate of drug-likeness (QED) is 0.738. The molecule has 0 radical (unpaired) electrons. The van der Waals surface area contributed by atoms with Crippen LogP contribution in [0.5, 0.6) is 0 Å². The molecule has 3 rings (SSSR count). The number of aliphatic hydroxyl groups excluding tert-OH is 2. The summed E-state index contributed by atoms with van der Waals surface area (Å²) in [5.41, 5.74) is 1.79. The standard InChI is InChI=1S/C14H18N4O2/c1-9-13(19)14(20)12(15-9)11-8-18(17-16-11)7-10-5-3-2-4-6-10/h2-6,8-9,12-15,19-20H,7H2,1H3/t9-,12-,13+,14-/m0/s1. The lowest BCUT2D eigenvalue weighted by Crippen LogP contribution is -2.29. The Labute approximate surface area is 117 Å². The summed E-state index contributed by atoms with van der Waals surface area (Å²) in [6, 6.07) is 9.45. The van der Waals surface area contributed by atoms with E-state index in [0.717, 1.165) is 5.56 Å². The van der Waals surface area contributed by atoms with Crippen LogP contribution in [0, 0.1) is 0 Å². The van der Waals surface area contributed by atoms with Crippen molar-refractivity contribution < 1.29 is 10.2 Å². The summed E-state index contributed by atoms with van der Waals surface area (Å²) < 4.78 is 1.73. The van der Waals surface area contributed by atoms with Crippen LogP contribution in [0.1, 0.15) is 24.2 Å². The van der Waals surface area contributed by atoms with Gasteiger partial charge in [0.15, 0.2) is 0 Å². The minimum atomic E-state index is -0.855. The van der Waals surface area contributed by atoms with E-state index in [1.165, 1.54) is 0 Å². The fraction of sp³-hybridized carbons (Fsp3) is 0.429. The number of hydrogen-bond donors (Lipinski definition) is 3. The van der Waals surface area contributed by atoms with Gasteiger partial charge in [0.05, 0.1) is 24.9 Å². The Hall–Kier alpha value is -1.76. The molecule has 1 saturated heterocycles. The first-order valence-corrected chi connectivity index (χ1v) is 6.71. The SMILES string of the molecule is C[C@@H]1N[C@@H](c2cn(Cc3ccccc3)nn2)[C@H](O)[C@@H]1O. The van der Waals surface area contributed by atoms with Crippen LogP contribution in [0.4, 0.5) is 0 Å². The molecule has 2 heterocycles. The molecule has 106 valence electrons. The summed E-state index contributed by atoms with van der Waals surface area (Å²) in [5, 5.41) is 31.1. The van der Waals surface area contributed by atoms with E-state index in [2.05, 4.69) is 15.6 Å². The van der Waals surface area contributed by atoms with Crippen LogP contribution in [-0.2, 0) is 6.54 Å². The van der Waals surface area contributed by atoms with Crippen molar-refractivity contribution >= 4 is 0 Å². The maximum atomic E-state index is 9.99. The number of nitrogens with one attached hydrogen (secondary N) is 1. The molecule has 1 fully saturated rings. The number of benzene rings is 1. The molecular weight excluding hydrogens is 256 g/mol. The molecular formula is C14H18N4O2. The summed E-state index contributed by atoms with van der Waals surface area (Å²) >= 11 is 0. The predicted octanol–water partition coefficient (Wildman–Crippen LogP) is 0.0810. The highest BCUT2D eigenvalue weighted by atomic mass is 16.3. The van der Waals surface area contributed by atoms with E-state index in [1.54, 1.807) is 10.9 Å². The van der Waals surface area contributed by atoms with Crippen molar-refractivity contribution in [1.29, 1.82) is 0 Å². The molecule has 0 amide bonds. The van der Waals surface area contributed by atoms with Gasteiger partial charge in [-0.3, -0.25) is 0 Å². The van der Waals surface area contributed by atoms with E-state index in [1.807, 2.05) is 37.3 Å². The Morgan fingerprint density at radius 2 is 1.95 bits per heavy atom. The Morgan fingerprint density at radius 1 is 1.20 bits per heavy atom. The van der Waals surface area contributed by atoms with Crippen LogP contribution in [-0.4, -0.2) is 43.5 Å². The molecule has 6 heteroatoms. The Bertz CT molecular complexity index is 572. The lowest BCUT2D eigenvalue weighted by atomic mass is 10.1. The monoisotopic (exact) mass is 274 g/mol.